The van der Waals surface area contributed by atoms with E-state index in [0.29, 0.717) is 0 Å². The highest BCUT2D eigenvalue weighted by Gasteiger charge is 2.16. The minimum atomic E-state index is 1.04. The van der Waals surface area contributed by atoms with Gasteiger partial charge in [0.25, 0.3) is 0 Å². The van der Waals surface area contributed by atoms with Crippen LogP contribution in [0.25, 0.3) is 10.8 Å². The SMILES string of the molecule is C1=Nc2cccc3cccc(c23)N1c1ccccc1. The van der Waals surface area contributed by atoms with E-state index in [0.717, 1.165) is 11.4 Å². The predicted molar refractivity (Wildman–Crippen MR) is 80.7 cm³/mol. The number of benzene rings is 3. The first kappa shape index (κ1) is 10.3. The Morgan fingerprint density at radius 2 is 1.53 bits per heavy atom. The average Bonchev–Trinajstić information content (AvgIpc) is 2.49. The van der Waals surface area contributed by atoms with Gasteiger partial charge in [0.05, 0.1) is 11.4 Å². The summed E-state index contributed by atoms with van der Waals surface area (Å²) >= 11 is 0. The Balaban J connectivity index is 2.01. The highest BCUT2D eigenvalue weighted by molar-refractivity contribution is 6.11. The standard InChI is InChI=1S/C17H12N2/c1-2-8-14(9-3-1)19-12-18-15-10-4-6-13-7-5-11-16(19)17(13)15/h1-12H. The van der Waals surface area contributed by atoms with Gasteiger partial charge in [-0.2, -0.15) is 0 Å². The van der Waals surface area contributed by atoms with E-state index < -0.39 is 0 Å². The van der Waals surface area contributed by atoms with Crippen LogP contribution in [0, 0.1) is 0 Å². The van der Waals surface area contributed by atoms with Gasteiger partial charge in [0.1, 0.15) is 6.34 Å². The molecule has 0 aromatic heterocycles. The van der Waals surface area contributed by atoms with Gasteiger partial charge < -0.3 is 4.90 Å². The Morgan fingerprint density at radius 1 is 0.737 bits per heavy atom. The van der Waals surface area contributed by atoms with E-state index in [1.165, 1.54) is 16.5 Å². The van der Waals surface area contributed by atoms with E-state index >= 15 is 0 Å². The van der Waals surface area contributed by atoms with Crippen LogP contribution >= 0.6 is 0 Å². The molecule has 0 fully saturated rings. The molecule has 3 aromatic rings. The van der Waals surface area contributed by atoms with Crippen LogP contribution in [0.15, 0.2) is 71.7 Å². The monoisotopic (exact) mass is 244 g/mol. The third kappa shape index (κ3) is 1.54. The number of hydrogen-bond acceptors (Lipinski definition) is 2. The maximum atomic E-state index is 4.57. The van der Waals surface area contributed by atoms with E-state index in [9.17, 15) is 0 Å². The van der Waals surface area contributed by atoms with E-state index in [1.807, 2.05) is 24.5 Å². The van der Waals surface area contributed by atoms with Gasteiger partial charge in [0, 0.05) is 11.1 Å². The Labute approximate surface area is 111 Å². The molecule has 1 aliphatic rings. The lowest BCUT2D eigenvalue weighted by Crippen LogP contribution is -2.16. The molecule has 0 saturated carbocycles. The molecule has 2 nitrogen and oxygen atoms in total. The van der Waals surface area contributed by atoms with Gasteiger partial charge in [-0.05, 0) is 29.7 Å². The molecule has 0 atom stereocenters. The highest BCUT2D eigenvalue weighted by Crippen LogP contribution is 2.39. The van der Waals surface area contributed by atoms with Crippen molar-refractivity contribution < 1.29 is 0 Å². The quantitative estimate of drug-likeness (QED) is 0.608. The fourth-order valence-corrected chi connectivity index (χ4v) is 2.59. The molecule has 0 unspecified atom stereocenters. The van der Waals surface area contributed by atoms with Crippen LogP contribution in [0.2, 0.25) is 0 Å². The van der Waals surface area contributed by atoms with Crippen molar-refractivity contribution in [2.24, 2.45) is 4.99 Å². The molecule has 0 bridgehead atoms. The van der Waals surface area contributed by atoms with Crippen LogP contribution < -0.4 is 4.90 Å². The van der Waals surface area contributed by atoms with Crippen molar-refractivity contribution in [2.75, 3.05) is 4.90 Å². The van der Waals surface area contributed by atoms with Crippen LogP contribution in [0.1, 0.15) is 0 Å². The lowest BCUT2D eigenvalue weighted by molar-refractivity contribution is 1.35. The normalized spacial score (nSPS) is 12.9. The Kier molecular flexibility index (Phi) is 2.15. The molecule has 0 amide bonds. The van der Waals surface area contributed by atoms with E-state index in [1.54, 1.807) is 0 Å². The molecule has 3 aromatic carbocycles. The Bertz CT molecular complexity index is 770. The van der Waals surface area contributed by atoms with Gasteiger partial charge >= 0.3 is 0 Å². The van der Waals surface area contributed by atoms with Gasteiger partial charge in [0.2, 0.25) is 0 Å². The summed E-state index contributed by atoms with van der Waals surface area (Å²) in [5, 5.41) is 2.45. The van der Waals surface area contributed by atoms with Gasteiger partial charge in [-0.3, -0.25) is 0 Å². The first-order chi connectivity index (χ1) is 9.43. The lowest BCUT2D eigenvalue weighted by atomic mass is 10.0. The number of para-hydroxylation sites is 1. The van der Waals surface area contributed by atoms with Gasteiger partial charge in [-0.15, -0.1) is 0 Å². The predicted octanol–water partition coefficient (Wildman–Crippen LogP) is 4.65. The zero-order valence-corrected chi connectivity index (χ0v) is 10.3. The molecule has 2 heteroatoms. The summed E-state index contributed by atoms with van der Waals surface area (Å²) in [5.74, 6) is 0. The van der Waals surface area contributed by atoms with E-state index in [4.69, 9.17) is 0 Å². The maximum absolute atomic E-state index is 4.57. The molecular formula is C17H12N2. The van der Waals surface area contributed by atoms with Crippen LogP contribution in [-0.2, 0) is 0 Å². The lowest BCUT2D eigenvalue weighted by Gasteiger charge is -2.25. The molecule has 4 rings (SSSR count). The second-order valence-electron chi connectivity index (χ2n) is 4.60. The molecule has 1 aliphatic heterocycles. The fraction of sp³-hybridized carbons (Fsp3) is 0. The largest absolute Gasteiger partial charge is 0.300 e. The van der Waals surface area contributed by atoms with Crippen molar-refractivity contribution in [3.05, 3.63) is 66.7 Å². The second kappa shape index (κ2) is 3.95. The summed E-state index contributed by atoms with van der Waals surface area (Å²) in [6, 6.07) is 22.9. The summed E-state index contributed by atoms with van der Waals surface area (Å²) in [7, 11) is 0. The van der Waals surface area contributed by atoms with Crippen LogP contribution in [0.5, 0.6) is 0 Å². The number of hydrogen-bond donors (Lipinski definition) is 0. The molecule has 0 radical (unpaired) electrons. The third-order valence-electron chi connectivity index (χ3n) is 3.47. The van der Waals surface area contributed by atoms with Gasteiger partial charge in [-0.25, -0.2) is 4.99 Å². The zero-order chi connectivity index (χ0) is 12.7. The first-order valence-electron chi connectivity index (χ1n) is 6.34. The average molecular weight is 244 g/mol. The topological polar surface area (TPSA) is 15.6 Å². The molecule has 19 heavy (non-hydrogen) atoms. The van der Waals surface area contributed by atoms with Crippen molar-refractivity contribution in [3.63, 3.8) is 0 Å². The minimum Gasteiger partial charge on any atom is -0.300 e. The Hall–Kier alpha value is -2.61. The zero-order valence-electron chi connectivity index (χ0n) is 10.3. The van der Waals surface area contributed by atoms with Crippen LogP contribution in [0.3, 0.4) is 0 Å². The summed E-state index contributed by atoms with van der Waals surface area (Å²) in [6.45, 7) is 0. The van der Waals surface area contributed by atoms with Crippen molar-refractivity contribution in [3.8, 4) is 0 Å². The molecule has 0 saturated heterocycles. The Morgan fingerprint density at radius 3 is 2.37 bits per heavy atom. The van der Waals surface area contributed by atoms with Crippen LogP contribution in [-0.4, -0.2) is 6.34 Å². The summed E-state index contributed by atoms with van der Waals surface area (Å²) in [5.41, 5.74) is 3.36. The smallest absolute Gasteiger partial charge is 0.100 e. The first-order valence-corrected chi connectivity index (χ1v) is 6.34. The van der Waals surface area contributed by atoms with Gasteiger partial charge in [0.15, 0.2) is 0 Å². The number of aliphatic imine (C=N–C) groups is 1. The number of anilines is 2. The summed E-state index contributed by atoms with van der Waals surface area (Å²) < 4.78 is 0. The minimum absolute atomic E-state index is 1.04. The van der Waals surface area contributed by atoms with Crippen LogP contribution in [0.4, 0.5) is 17.1 Å². The fourth-order valence-electron chi connectivity index (χ4n) is 2.59. The highest BCUT2D eigenvalue weighted by atomic mass is 15.2. The van der Waals surface area contributed by atoms with Crippen molar-refractivity contribution >= 4 is 34.2 Å². The molecular weight excluding hydrogens is 232 g/mol. The van der Waals surface area contributed by atoms with Crippen molar-refractivity contribution in [2.45, 2.75) is 0 Å². The molecule has 0 N–H and O–H groups in total. The van der Waals surface area contributed by atoms with E-state index in [-0.39, 0.29) is 0 Å². The second-order valence-corrected chi connectivity index (χ2v) is 4.60. The molecule has 1 heterocycles. The van der Waals surface area contributed by atoms with Gasteiger partial charge in [-0.1, -0.05) is 42.5 Å². The van der Waals surface area contributed by atoms with E-state index in [2.05, 4.69) is 58.4 Å². The number of rotatable bonds is 1. The van der Waals surface area contributed by atoms with Crippen molar-refractivity contribution in [1.82, 2.24) is 0 Å². The third-order valence-corrected chi connectivity index (χ3v) is 3.47. The molecule has 0 spiro atoms. The summed E-state index contributed by atoms with van der Waals surface area (Å²) in [6.07, 6.45) is 1.90. The summed E-state index contributed by atoms with van der Waals surface area (Å²) in [4.78, 5) is 6.70. The molecule has 90 valence electrons. The van der Waals surface area contributed by atoms with Crippen molar-refractivity contribution in [1.29, 1.82) is 0 Å². The maximum Gasteiger partial charge on any atom is 0.100 e. The molecule has 0 aliphatic carbocycles. The number of nitrogens with zero attached hydrogens (tertiary/aromatic N) is 2.